The summed E-state index contributed by atoms with van der Waals surface area (Å²) in [6.45, 7) is 0.705. The van der Waals surface area contributed by atoms with Crippen molar-refractivity contribution in [2.75, 3.05) is 31.1 Å². The standard InChI is InChI=1S/C16H23N3O4S/c20-15(17-8-6-13-4-2-1-3-5-13)11-19-16(21)18-10-14-7-9-24(22,23)12-14/h1-5,14H,6-12H2,(H,17,20)(H2,18,19,21)/t14-/m1/s1. The molecule has 0 spiro atoms. The molecule has 0 aliphatic carbocycles. The third-order valence-corrected chi connectivity index (χ3v) is 5.70. The molecule has 0 saturated carbocycles. The van der Waals surface area contributed by atoms with Crippen LogP contribution >= 0.6 is 0 Å². The zero-order valence-electron chi connectivity index (χ0n) is 13.5. The van der Waals surface area contributed by atoms with Gasteiger partial charge in [-0.1, -0.05) is 30.3 Å². The molecule has 0 unspecified atom stereocenters. The third-order valence-electron chi connectivity index (χ3n) is 3.87. The number of amides is 3. The second-order valence-electron chi connectivity index (χ2n) is 5.92. The smallest absolute Gasteiger partial charge is 0.315 e. The first-order valence-electron chi connectivity index (χ1n) is 7.97. The lowest BCUT2D eigenvalue weighted by atomic mass is 10.1. The van der Waals surface area contributed by atoms with Crippen molar-refractivity contribution >= 4 is 21.8 Å². The summed E-state index contributed by atoms with van der Waals surface area (Å²) in [5.74, 6) is 0.00266. The Balaban J connectivity index is 1.55. The summed E-state index contributed by atoms with van der Waals surface area (Å²) in [5.41, 5.74) is 1.13. The second-order valence-corrected chi connectivity index (χ2v) is 8.15. The summed E-state index contributed by atoms with van der Waals surface area (Å²) < 4.78 is 22.6. The van der Waals surface area contributed by atoms with Gasteiger partial charge in [-0.15, -0.1) is 0 Å². The van der Waals surface area contributed by atoms with Crippen LogP contribution in [0.3, 0.4) is 0 Å². The van der Waals surface area contributed by atoms with Crippen molar-refractivity contribution in [3.8, 4) is 0 Å². The molecule has 1 aromatic rings. The molecule has 0 radical (unpaired) electrons. The van der Waals surface area contributed by atoms with E-state index in [1.54, 1.807) is 0 Å². The highest BCUT2D eigenvalue weighted by Gasteiger charge is 2.27. The van der Waals surface area contributed by atoms with Gasteiger partial charge in [0.2, 0.25) is 5.91 Å². The largest absolute Gasteiger partial charge is 0.354 e. The predicted octanol–water partition coefficient (Wildman–Crippen LogP) is 0.0792. The molecule has 132 valence electrons. The molecule has 1 aliphatic heterocycles. The average molecular weight is 353 g/mol. The highest BCUT2D eigenvalue weighted by molar-refractivity contribution is 7.91. The fourth-order valence-corrected chi connectivity index (χ4v) is 4.41. The zero-order chi connectivity index (χ0) is 17.4. The third kappa shape index (κ3) is 6.57. The van der Waals surface area contributed by atoms with Crippen LogP contribution in [0.4, 0.5) is 4.79 Å². The summed E-state index contributed by atoms with van der Waals surface area (Å²) in [4.78, 5) is 23.3. The van der Waals surface area contributed by atoms with Gasteiger partial charge in [0.05, 0.1) is 18.1 Å². The summed E-state index contributed by atoms with van der Waals surface area (Å²) in [7, 11) is -2.94. The Kier molecular flexibility index (Phi) is 6.60. The molecule has 0 aromatic heterocycles. The molecule has 1 atom stereocenters. The SMILES string of the molecule is O=C(CNC(=O)NC[C@H]1CCS(=O)(=O)C1)NCCc1ccccc1. The number of urea groups is 1. The van der Waals surface area contributed by atoms with E-state index >= 15 is 0 Å². The Hall–Kier alpha value is -2.09. The molecule has 0 bridgehead atoms. The van der Waals surface area contributed by atoms with Crippen LogP contribution in [-0.4, -0.2) is 51.5 Å². The molecule has 1 fully saturated rings. The van der Waals surface area contributed by atoms with Crippen molar-refractivity contribution < 1.29 is 18.0 Å². The van der Waals surface area contributed by atoms with Crippen LogP contribution in [0.5, 0.6) is 0 Å². The van der Waals surface area contributed by atoms with E-state index < -0.39 is 15.9 Å². The number of hydrogen-bond acceptors (Lipinski definition) is 4. The van der Waals surface area contributed by atoms with Gasteiger partial charge in [0.1, 0.15) is 0 Å². The van der Waals surface area contributed by atoms with Gasteiger partial charge >= 0.3 is 6.03 Å². The minimum atomic E-state index is -2.94. The predicted molar refractivity (Wildman–Crippen MR) is 91.3 cm³/mol. The van der Waals surface area contributed by atoms with Crippen LogP contribution in [0.15, 0.2) is 30.3 Å². The molecule has 1 aromatic carbocycles. The van der Waals surface area contributed by atoms with Crippen LogP contribution in [0.25, 0.3) is 0 Å². The van der Waals surface area contributed by atoms with Crippen LogP contribution in [0, 0.1) is 5.92 Å². The van der Waals surface area contributed by atoms with Crippen molar-refractivity contribution in [3.05, 3.63) is 35.9 Å². The quantitative estimate of drug-likeness (QED) is 0.646. The fourth-order valence-electron chi connectivity index (χ4n) is 2.55. The van der Waals surface area contributed by atoms with E-state index in [1.807, 2.05) is 30.3 Å². The van der Waals surface area contributed by atoms with Crippen LogP contribution in [0.2, 0.25) is 0 Å². The Morgan fingerprint density at radius 1 is 1.08 bits per heavy atom. The molecule has 1 saturated heterocycles. The number of sulfone groups is 1. The normalized spacial score (nSPS) is 18.8. The lowest BCUT2D eigenvalue weighted by molar-refractivity contribution is -0.120. The van der Waals surface area contributed by atoms with E-state index in [0.717, 1.165) is 12.0 Å². The molecule has 24 heavy (non-hydrogen) atoms. The first kappa shape index (κ1) is 18.3. The van der Waals surface area contributed by atoms with E-state index in [1.165, 1.54) is 0 Å². The summed E-state index contributed by atoms with van der Waals surface area (Å²) in [6.07, 6.45) is 1.30. The second kappa shape index (κ2) is 8.68. The molecule has 2 rings (SSSR count). The van der Waals surface area contributed by atoms with Gasteiger partial charge in [-0.2, -0.15) is 0 Å². The van der Waals surface area contributed by atoms with Gasteiger partial charge in [-0.05, 0) is 24.3 Å². The number of hydrogen-bond donors (Lipinski definition) is 3. The highest BCUT2D eigenvalue weighted by Crippen LogP contribution is 2.17. The lowest BCUT2D eigenvalue weighted by Gasteiger charge is -2.11. The van der Waals surface area contributed by atoms with E-state index in [-0.39, 0.29) is 29.9 Å². The summed E-state index contributed by atoms with van der Waals surface area (Å²) in [5, 5.41) is 7.80. The number of benzene rings is 1. The molecule has 1 heterocycles. The molecular formula is C16H23N3O4S. The highest BCUT2D eigenvalue weighted by atomic mass is 32.2. The Labute approximate surface area is 142 Å². The number of rotatable bonds is 7. The maximum Gasteiger partial charge on any atom is 0.315 e. The van der Waals surface area contributed by atoms with Crippen molar-refractivity contribution in [2.24, 2.45) is 5.92 Å². The first-order valence-corrected chi connectivity index (χ1v) is 9.79. The molecule has 1 aliphatic rings. The van der Waals surface area contributed by atoms with Crippen LogP contribution in [0.1, 0.15) is 12.0 Å². The topological polar surface area (TPSA) is 104 Å². The summed E-state index contributed by atoms with van der Waals surface area (Å²) >= 11 is 0. The van der Waals surface area contributed by atoms with Gasteiger partial charge in [-0.25, -0.2) is 13.2 Å². The fraction of sp³-hybridized carbons (Fsp3) is 0.500. The van der Waals surface area contributed by atoms with Gasteiger partial charge in [0.25, 0.3) is 0 Å². The Morgan fingerprint density at radius 3 is 2.50 bits per heavy atom. The maximum absolute atomic E-state index is 11.7. The van der Waals surface area contributed by atoms with Gasteiger partial charge in [0.15, 0.2) is 9.84 Å². The molecule has 8 heteroatoms. The molecule has 3 amide bonds. The monoisotopic (exact) mass is 353 g/mol. The van der Waals surface area contributed by atoms with Crippen molar-refractivity contribution in [1.29, 1.82) is 0 Å². The van der Waals surface area contributed by atoms with E-state index in [2.05, 4.69) is 16.0 Å². The van der Waals surface area contributed by atoms with E-state index in [0.29, 0.717) is 19.5 Å². The molecule has 3 N–H and O–H groups in total. The minimum Gasteiger partial charge on any atom is -0.354 e. The minimum absolute atomic E-state index is 0.0413. The van der Waals surface area contributed by atoms with Gasteiger partial charge in [-0.3, -0.25) is 4.79 Å². The van der Waals surface area contributed by atoms with E-state index in [9.17, 15) is 18.0 Å². The van der Waals surface area contributed by atoms with E-state index in [4.69, 9.17) is 0 Å². The molecule has 7 nitrogen and oxygen atoms in total. The van der Waals surface area contributed by atoms with Gasteiger partial charge in [0, 0.05) is 13.1 Å². The Bertz CT molecular complexity index is 661. The van der Waals surface area contributed by atoms with Gasteiger partial charge < -0.3 is 16.0 Å². The molecular weight excluding hydrogens is 330 g/mol. The average Bonchev–Trinajstić information content (AvgIpc) is 2.91. The first-order chi connectivity index (χ1) is 11.4. The van der Waals surface area contributed by atoms with Crippen molar-refractivity contribution in [2.45, 2.75) is 12.8 Å². The lowest BCUT2D eigenvalue weighted by Crippen LogP contribution is -2.43. The Morgan fingerprint density at radius 2 is 1.83 bits per heavy atom. The number of carbonyl (C=O) groups excluding carboxylic acids is 2. The van der Waals surface area contributed by atoms with Crippen molar-refractivity contribution in [3.63, 3.8) is 0 Å². The van der Waals surface area contributed by atoms with Crippen LogP contribution in [-0.2, 0) is 21.1 Å². The van der Waals surface area contributed by atoms with Crippen LogP contribution < -0.4 is 16.0 Å². The number of carbonyl (C=O) groups is 2. The summed E-state index contributed by atoms with van der Waals surface area (Å²) in [6, 6.07) is 9.34. The number of nitrogens with one attached hydrogen (secondary N) is 3. The van der Waals surface area contributed by atoms with Crippen molar-refractivity contribution in [1.82, 2.24) is 16.0 Å². The zero-order valence-corrected chi connectivity index (χ0v) is 14.3. The maximum atomic E-state index is 11.7.